The van der Waals surface area contributed by atoms with Crippen molar-refractivity contribution in [2.75, 3.05) is 0 Å². The highest BCUT2D eigenvalue weighted by atomic mass is 16.3. The highest BCUT2D eigenvalue weighted by Gasteiger charge is 2.59. The van der Waals surface area contributed by atoms with Gasteiger partial charge in [0, 0.05) is 23.7 Å². The van der Waals surface area contributed by atoms with E-state index in [1.54, 1.807) is 11.1 Å². The molecule has 1 N–H and O–H groups in total. The van der Waals surface area contributed by atoms with Crippen LogP contribution in [-0.4, -0.2) is 22.3 Å². The summed E-state index contributed by atoms with van der Waals surface area (Å²) in [6.07, 6.45) is 21.2. The van der Waals surface area contributed by atoms with Crippen molar-refractivity contribution in [1.82, 2.24) is 0 Å². The van der Waals surface area contributed by atoms with E-state index in [2.05, 4.69) is 13.8 Å². The fourth-order valence-electron chi connectivity index (χ4n) is 9.78. The SMILES string of the molecule is CCCC1C2=C(CCCC2)C2CCCC1C2=O.CCCC1C2CCCC(C2=O)C2(O)CCCCC12. The molecular formula is C32H50O3. The summed E-state index contributed by atoms with van der Waals surface area (Å²) in [6, 6.07) is 0. The molecule has 8 atom stereocenters. The summed E-state index contributed by atoms with van der Waals surface area (Å²) in [5.41, 5.74) is 2.72. The Morgan fingerprint density at radius 1 is 0.743 bits per heavy atom. The first kappa shape index (κ1) is 25.7. The molecule has 35 heavy (non-hydrogen) atoms. The van der Waals surface area contributed by atoms with Gasteiger partial charge in [-0.3, -0.25) is 9.59 Å². The van der Waals surface area contributed by atoms with E-state index in [4.69, 9.17) is 0 Å². The molecule has 6 aliphatic rings. The lowest BCUT2D eigenvalue weighted by molar-refractivity contribution is -0.182. The van der Waals surface area contributed by atoms with Crippen LogP contribution in [0.15, 0.2) is 11.1 Å². The first-order chi connectivity index (χ1) is 17.0. The third kappa shape index (κ3) is 4.51. The average molecular weight is 483 g/mol. The third-order valence-corrected chi connectivity index (χ3v) is 11.2. The molecular weight excluding hydrogens is 432 g/mol. The maximum atomic E-state index is 12.6. The van der Waals surface area contributed by atoms with E-state index in [1.165, 1.54) is 57.8 Å². The zero-order valence-electron chi connectivity index (χ0n) is 22.5. The van der Waals surface area contributed by atoms with Gasteiger partial charge in [-0.2, -0.15) is 0 Å². The Bertz CT molecular complexity index is 827. The maximum Gasteiger partial charge on any atom is 0.143 e. The van der Waals surface area contributed by atoms with Gasteiger partial charge < -0.3 is 5.11 Å². The number of carbonyl (C=O) groups is 2. The van der Waals surface area contributed by atoms with Crippen LogP contribution in [0.4, 0.5) is 0 Å². The lowest BCUT2D eigenvalue weighted by Crippen LogP contribution is -2.61. The van der Waals surface area contributed by atoms with Crippen LogP contribution >= 0.6 is 0 Å². The van der Waals surface area contributed by atoms with Gasteiger partial charge in [-0.05, 0) is 94.8 Å². The summed E-state index contributed by atoms with van der Waals surface area (Å²) in [7, 11) is 0. The van der Waals surface area contributed by atoms with Crippen molar-refractivity contribution in [3.05, 3.63) is 11.1 Å². The number of aliphatic hydroxyl groups is 1. The molecule has 0 spiro atoms. The van der Waals surface area contributed by atoms with Crippen molar-refractivity contribution in [3.63, 3.8) is 0 Å². The minimum atomic E-state index is -0.633. The van der Waals surface area contributed by atoms with Gasteiger partial charge in [0.05, 0.1) is 5.60 Å². The lowest BCUT2D eigenvalue weighted by Gasteiger charge is -2.56. The van der Waals surface area contributed by atoms with Crippen LogP contribution in [-0.2, 0) is 9.59 Å². The van der Waals surface area contributed by atoms with Crippen molar-refractivity contribution in [1.29, 1.82) is 0 Å². The summed E-state index contributed by atoms with van der Waals surface area (Å²) < 4.78 is 0. The van der Waals surface area contributed by atoms with Crippen molar-refractivity contribution >= 4 is 11.6 Å². The summed E-state index contributed by atoms with van der Waals surface area (Å²) in [4.78, 5) is 25.1. The van der Waals surface area contributed by atoms with Crippen LogP contribution in [0, 0.1) is 41.4 Å². The van der Waals surface area contributed by atoms with Crippen LogP contribution in [0.1, 0.15) is 129 Å². The molecule has 0 amide bonds. The molecule has 0 saturated heterocycles. The Morgan fingerprint density at radius 3 is 2.23 bits per heavy atom. The minimum absolute atomic E-state index is 0.0188. The predicted octanol–water partition coefficient (Wildman–Crippen LogP) is 7.60. The fraction of sp³-hybridized carbons (Fsp3) is 0.875. The summed E-state index contributed by atoms with van der Waals surface area (Å²) in [5.74, 6) is 3.60. The Kier molecular flexibility index (Phi) is 7.92. The molecule has 3 heteroatoms. The van der Waals surface area contributed by atoms with Gasteiger partial charge >= 0.3 is 0 Å². The summed E-state index contributed by atoms with van der Waals surface area (Å²) in [5, 5.41) is 11.1. The van der Waals surface area contributed by atoms with Gasteiger partial charge in [-0.1, -0.05) is 63.5 Å². The molecule has 4 bridgehead atoms. The molecule has 8 unspecified atom stereocenters. The molecule has 6 rings (SSSR count). The largest absolute Gasteiger partial charge is 0.389 e. The maximum absolute atomic E-state index is 12.6. The van der Waals surface area contributed by atoms with E-state index < -0.39 is 5.60 Å². The van der Waals surface area contributed by atoms with Crippen LogP contribution < -0.4 is 0 Å². The predicted molar refractivity (Wildman–Crippen MR) is 141 cm³/mol. The van der Waals surface area contributed by atoms with Gasteiger partial charge in [-0.15, -0.1) is 0 Å². The topological polar surface area (TPSA) is 54.4 Å². The number of hydrogen-bond donors (Lipinski definition) is 1. The number of hydrogen-bond acceptors (Lipinski definition) is 3. The van der Waals surface area contributed by atoms with Gasteiger partial charge in [0.15, 0.2) is 0 Å². The van der Waals surface area contributed by atoms with Crippen molar-refractivity contribution in [2.45, 2.75) is 135 Å². The number of carbonyl (C=O) groups excluding carboxylic acids is 2. The Labute approximate surface area is 213 Å². The van der Waals surface area contributed by atoms with E-state index in [9.17, 15) is 14.7 Å². The Morgan fingerprint density at radius 2 is 1.46 bits per heavy atom. The van der Waals surface area contributed by atoms with Crippen LogP contribution in [0.2, 0.25) is 0 Å². The second-order valence-corrected chi connectivity index (χ2v) is 12.9. The fourth-order valence-corrected chi connectivity index (χ4v) is 9.78. The summed E-state index contributed by atoms with van der Waals surface area (Å²) in [6.45, 7) is 4.48. The molecule has 0 aromatic heterocycles. The monoisotopic (exact) mass is 482 g/mol. The number of rotatable bonds is 4. The van der Waals surface area contributed by atoms with Gasteiger partial charge in [0.25, 0.3) is 0 Å². The molecule has 0 heterocycles. The molecule has 0 aromatic carbocycles. The molecule has 0 radical (unpaired) electrons. The molecule has 0 aromatic rings. The molecule has 4 saturated carbocycles. The highest BCUT2D eigenvalue weighted by Crippen LogP contribution is 2.56. The number of ketones is 2. The number of Topliss-reactive ketones (excluding diaryl/α,β-unsaturated/α-hetero) is 2. The second kappa shape index (κ2) is 10.8. The van der Waals surface area contributed by atoms with E-state index >= 15 is 0 Å². The van der Waals surface area contributed by atoms with Crippen molar-refractivity contribution < 1.29 is 14.7 Å². The highest BCUT2D eigenvalue weighted by molar-refractivity contribution is 5.89. The van der Waals surface area contributed by atoms with Gasteiger partial charge in [0.2, 0.25) is 0 Å². The van der Waals surface area contributed by atoms with E-state index in [0.717, 1.165) is 57.8 Å². The van der Waals surface area contributed by atoms with Crippen LogP contribution in [0.25, 0.3) is 0 Å². The first-order valence-corrected chi connectivity index (χ1v) is 15.5. The van der Waals surface area contributed by atoms with Crippen molar-refractivity contribution in [2.24, 2.45) is 41.4 Å². The number of allylic oxidation sites excluding steroid dienone is 2. The summed E-state index contributed by atoms with van der Waals surface area (Å²) >= 11 is 0. The van der Waals surface area contributed by atoms with E-state index in [-0.39, 0.29) is 11.8 Å². The van der Waals surface area contributed by atoms with Gasteiger partial charge in [0.1, 0.15) is 11.6 Å². The number of fused-ring (bicyclic) bond motifs is 7. The molecule has 6 aliphatic carbocycles. The zero-order chi connectivity index (χ0) is 24.6. The minimum Gasteiger partial charge on any atom is -0.389 e. The standard InChI is InChI=1S/C16H26O2.C16H24O/c1-2-6-11-12-7-5-9-14(15(12)17)16(18)10-4-3-8-13(11)16;1-2-6-11-12-7-3-4-8-13(12)15-10-5-9-14(11)16(15)17/h11-14,18H,2-10H2,1H3;11,14-15H,2-10H2,1H3. The van der Waals surface area contributed by atoms with Crippen LogP contribution in [0.3, 0.4) is 0 Å². The van der Waals surface area contributed by atoms with Crippen LogP contribution in [0.5, 0.6) is 0 Å². The smallest absolute Gasteiger partial charge is 0.143 e. The quantitative estimate of drug-likeness (QED) is 0.420. The Hall–Kier alpha value is -0.960. The van der Waals surface area contributed by atoms with E-state index in [1.807, 2.05) is 0 Å². The van der Waals surface area contributed by atoms with Crippen molar-refractivity contribution in [3.8, 4) is 0 Å². The van der Waals surface area contributed by atoms with Gasteiger partial charge in [-0.25, -0.2) is 0 Å². The Balaban J connectivity index is 0.000000145. The normalized spacial score (nSPS) is 42.5. The average Bonchev–Trinajstić information content (AvgIpc) is 2.86. The molecule has 0 aliphatic heterocycles. The molecule has 196 valence electrons. The lowest BCUT2D eigenvalue weighted by atomic mass is 9.50. The molecule has 3 nitrogen and oxygen atoms in total. The third-order valence-electron chi connectivity index (χ3n) is 11.2. The zero-order valence-corrected chi connectivity index (χ0v) is 22.5. The second-order valence-electron chi connectivity index (χ2n) is 12.9. The first-order valence-electron chi connectivity index (χ1n) is 15.5. The molecule has 4 fully saturated rings. The van der Waals surface area contributed by atoms with E-state index in [0.29, 0.717) is 41.2 Å².